The van der Waals surface area contributed by atoms with Crippen molar-refractivity contribution in [3.63, 3.8) is 0 Å². The van der Waals surface area contributed by atoms with Gasteiger partial charge in [0.2, 0.25) is 0 Å². The molecule has 1 fully saturated rings. The van der Waals surface area contributed by atoms with Crippen molar-refractivity contribution in [2.75, 3.05) is 6.61 Å². The zero-order valence-corrected chi connectivity index (χ0v) is 13.9. The Morgan fingerprint density at radius 2 is 2.00 bits per heavy atom. The Kier molecular flexibility index (Phi) is 4.10. The second kappa shape index (κ2) is 5.80. The number of benzene rings is 1. The number of aliphatic hydroxyl groups excluding tert-OH is 1. The highest BCUT2D eigenvalue weighted by atomic mass is 16.5. The van der Waals surface area contributed by atoms with Crippen molar-refractivity contribution in [1.29, 1.82) is 0 Å². The second-order valence-electron chi connectivity index (χ2n) is 7.74. The molecule has 3 N–H and O–H groups in total. The molecule has 2 atom stereocenters. The van der Waals surface area contributed by atoms with Gasteiger partial charge in [0, 0.05) is 11.6 Å². The van der Waals surface area contributed by atoms with Crippen LogP contribution in [0.3, 0.4) is 0 Å². The van der Waals surface area contributed by atoms with E-state index in [1.165, 1.54) is 5.56 Å². The van der Waals surface area contributed by atoms with Gasteiger partial charge in [0.05, 0.1) is 12.0 Å². The molecule has 1 saturated carbocycles. The van der Waals surface area contributed by atoms with Gasteiger partial charge in [0.25, 0.3) is 0 Å². The highest BCUT2D eigenvalue weighted by molar-refractivity contribution is 5.71. The normalized spacial score (nSPS) is 30.1. The Bertz CT molecular complexity index is 602. The summed E-state index contributed by atoms with van der Waals surface area (Å²) >= 11 is 0. The highest BCUT2D eigenvalue weighted by Crippen LogP contribution is 2.37. The summed E-state index contributed by atoms with van der Waals surface area (Å²) in [6.07, 6.45) is 0.611. The summed E-state index contributed by atoms with van der Waals surface area (Å²) < 4.78 is 5.85. The molecule has 1 aromatic rings. The fraction of sp³-hybridized carbons (Fsp3) is 0.611. The molecule has 0 aromatic heterocycles. The maximum absolute atomic E-state index is 10.9. The number of carbonyl (C=O) groups is 1. The molecule has 0 spiro atoms. The number of nitrogens with one attached hydrogen (secondary N) is 1. The second-order valence-corrected chi connectivity index (χ2v) is 7.74. The van der Waals surface area contributed by atoms with E-state index < -0.39 is 12.1 Å². The van der Waals surface area contributed by atoms with Crippen molar-refractivity contribution in [2.24, 2.45) is 5.92 Å². The first kappa shape index (κ1) is 16.3. The van der Waals surface area contributed by atoms with E-state index in [1.54, 1.807) is 0 Å². The molecule has 5 heteroatoms. The van der Waals surface area contributed by atoms with Crippen molar-refractivity contribution in [1.82, 2.24) is 5.32 Å². The summed E-state index contributed by atoms with van der Waals surface area (Å²) in [5.74, 6) is -0.237. The SMILES string of the molecule is CC(C)(C)c1ccc2c(c1)OC[C@@H](NC1CC(C(=O)O)C1)[C@H]2O. The lowest BCUT2D eigenvalue weighted by Gasteiger charge is -2.39. The lowest BCUT2D eigenvalue weighted by molar-refractivity contribution is -0.145. The summed E-state index contributed by atoms with van der Waals surface area (Å²) in [4.78, 5) is 10.9. The minimum absolute atomic E-state index is 0.0379. The topological polar surface area (TPSA) is 78.8 Å². The molecule has 0 amide bonds. The summed E-state index contributed by atoms with van der Waals surface area (Å²) in [6.45, 7) is 6.84. The molecular weight excluding hydrogens is 294 g/mol. The van der Waals surface area contributed by atoms with Crippen molar-refractivity contribution < 1.29 is 19.7 Å². The van der Waals surface area contributed by atoms with Crippen molar-refractivity contribution in [3.05, 3.63) is 29.3 Å². The van der Waals surface area contributed by atoms with Crippen LogP contribution in [0, 0.1) is 5.92 Å². The van der Waals surface area contributed by atoms with Crippen LogP contribution in [0.15, 0.2) is 18.2 Å². The first-order valence-electron chi connectivity index (χ1n) is 8.20. The summed E-state index contributed by atoms with van der Waals surface area (Å²) in [6, 6.07) is 5.95. The molecule has 1 aromatic carbocycles. The number of carboxylic acids is 1. The van der Waals surface area contributed by atoms with Gasteiger partial charge in [0.1, 0.15) is 18.5 Å². The number of carboxylic acid groups (broad SMARTS) is 1. The molecule has 1 aliphatic carbocycles. The molecule has 0 bridgehead atoms. The van der Waals surface area contributed by atoms with Gasteiger partial charge in [-0.25, -0.2) is 0 Å². The molecule has 0 unspecified atom stereocenters. The Morgan fingerprint density at radius 3 is 2.61 bits per heavy atom. The van der Waals surface area contributed by atoms with Crippen LogP contribution in [-0.4, -0.2) is 34.9 Å². The maximum atomic E-state index is 10.9. The zero-order valence-electron chi connectivity index (χ0n) is 13.9. The summed E-state index contributed by atoms with van der Waals surface area (Å²) in [5, 5.41) is 22.9. The van der Waals surface area contributed by atoms with Crippen LogP contribution in [-0.2, 0) is 10.2 Å². The standard InChI is InChI=1S/C18H25NO4/c1-18(2,3)11-4-5-13-15(8-11)23-9-14(16(13)20)19-12-6-10(7-12)17(21)22/h4-5,8,10,12,14,16,19-20H,6-7,9H2,1-3H3,(H,21,22)/t10?,12?,14-,16+/m1/s1. The Morgan fingerprint density at radius 1 is 1.30 bits per heavy atom. The Labute approximate surface area is 136 Å². The number of hydrogen-bond donors (Lipinski definition) is 3. The predicted octanol–water partition coefficient (Wildman–Crippen LogP) is 2.23. The van der Waals surface area contributed by atoms with E-state index in [1.807, 2.05) is 18.2 Å². The van der Waals surface area contributed by atoms with E-state index in [9.17, 15) is 9.90 Å². The van der Waals surface area contributed by atoms with Crippen molar-refractivity contribution in [3.8, 4) is 5.75 Å². The fourth-order valence-corrected chi connectivity index (χ4v) is 3.26. The van der Waals surface area contributed by atoms with Crippen LogP contribution in [0.4, 0.5) is 0 Å². The Balaban J connectivity index is 1.67. The zero-order chi connectivity index (χ0) is 16.8. The molecule has 23 heavy (non-hydrogen) atoms. The lowest BCUT2D eigenvalue weighted by atomic mass is 9.79. The van der Waals surface area contributed by atoms with Crippen LogP contribution < -0.4 is 10.1 Å². The first-order valence-corrected chi connectivity index (χ1v) is 8.20. The molecule has 1 aliphatic heterocycles. The third-order valence-electron chi connectivity index (χ3n) is 4.93. The van der Waals surface area contributed by atoms with Gasteiger partial charge in [-0.3, -0.25) is 4.79 Å². The van der Waals surface area contributed by atoms with E-state index in [0.29, 0.717) is 19.4 Å². The average Bonchev–Trinajstić information content (AvgIpc) is 2.42. The molecule has 126 valence electrons. The van der Waals surface area contributed by atoms with Crippen LogP contribution in [0.2, 0.25) is 0 Å². The third-order valence-corrected chi connectivity index (χ3v) is 4.93. The number of fused-ring (bicyclic) bond motifs is 1. The molecular formula is C18H25NO4. The summed E-state index contributed by atoms with van der Waals surface area (Å²) in [5.41, 5.74) is 2.02. The number of aliphatic carboxylic acids is 1. The van der Waals surface area contributed by atoms with Gasteiger partial charge < -0.3 is 20.3 Å². The summed E-state index contributed by atoms with van der Waals surface area (Å²) in [7, 11) is 0. The van der Waals surface area contributed by atoms with Crippen LogP contribution in [0.1, 0.15) is 50.8 Å². The molecule has 3 rings (SSSR count). The van der Waals surface area contributed by atoms with Crippen LogP contribution >= 0.6 is 0 Å². The highest BCUT2D eigenvalue weighted by Gasteiger charge is 2.38. The molecule has 1 heterocycles. The van der Waals surface area contributed by atoms with Crippen molar-refractivity contribution >= 4 is 5.97 Å². The van der Waals surface area contributed by atoms with E-state index >= 15 is 0 Å². The van der Waals surface area contributed by atoms with E-state index in [0.717, 1.165) is 11.3 Å². The first-order chi connectivity index (χ1) is 10.8. The van der Waals surface area contributed by atoms with Crippen molar-refractivity contribution in [2.45, 2.75) is 57.2 Å². The monoisotopic (exact) mass is 319 g/mol. The average molecular weight is 319 g/mol. The van der Waals surface area contributed by atoms with Gasteiger partial charge in [0.15, 0.2) is 0 Å². The molecule has 2 aliphatic rings. The van der Waals surface area contributed by atoms with Gasteiger partial charge in [-0.1, -0.05) is 32.9 Å². The van der Waals surface area contributed by atoms with Gasteiger partial charge in [-0.2, -0.15) is 0 Å². The van der Waals surface area contributed by atoms with Crippen LogP contribution in [0.5, 0.6) is 5.75 Å². The van der Waals surface area contributed by atoms with Gasteiger partial charge >= 0.3 is 5.97 Å². The quantitative estimate of drug-likeness (QED) is 0.796. The smallest absolute Gasteiger partial charge is 0.306 e. The van der Waals surface area contributed by atoms with E-state index in [-0.39, 0.29) is 23.4 Å². The van der Waals surface area contributed by atoms with Crippen LogP contribution in [0.25, 0.3) is 0 Å². The van der Waals surface area contributed by atoms with Gasteiger partial charge in [-0.15, -0.1) is 0 Å². The minimum Gasteiger partial charge on any atom is -0.491 e. The fourth-order valence-electron chi connectivity index (χ4n) is 3.26. The lowest BCUT2D eigenvalue weighted by Crippen LogP contribution is -2.53. The number of ether oxygens (including phenoxy) is 1. The molecule has 0 radical (unpaired) electrons. The third kappa shape index (κ3) is 3.21. The molecule has 0 saturated heterocycles. The van der Waals surface area contributed by atoms with Gasteiger partial charge in [-0.05, 0) is 29.9 Å². The molecule has 5 nitrogen and oxygen atoms in total. The number of hydrogen-bond acceptors (Lipinski definition) is 4. The van der Waals surface area contributed by atoms with E-state index in [2.05, 4.69) is 26.1 Å². The Hall–Kier alpha value is -1.59. The predicted molar refractivity (Wildman–Crippen MR) is 86.7 cm³/mol. The minimum atomic E-state index is -0.733. The largest absolute Gasteiger partial charge is 0.491 e. The maximum Gasteiger partial charge on any atom is 0.306 e. The van der Waals surface area contributed by atoms with E-state index in [4.69, 9.17) is 9.84 Å². The number of rotatable bonds is 3. The number of aliphatic hydroxyl groups is 1.